The van der Waals surface area contributed by atoms with Crippen LogP contribution in [0.5, 0.6) is 17.2 Å². The first kappa shape index (κ1) is 23.7. The number of H-pyrrole nitrogens is 1. The fraction of sp³-hybridized carbons (Fsp3) is 0.391. The van der Waals surface area contributed by atoms with Crippen molar-refractivity contribution in [1.82, 2.24) is 15.1 Å². The standard InChI is InChI=1S/C23H27N3O7S/c1-30-20-11-15(12-21(31-2)22(20)32-3)18-13-19(25-24-18)23(27)26-8-6-17(7-9-26)34(28,29)14-16-5-4-10-33-16/h4-5,10-13,17H,6-9,14H2,1-3H3,(H,24,25). The van der Waals surface area contributed by atoms with Gasteiger partial charge in [0.15, 0.2) is 21.3 Å². The quantitative estimate of drug-likeness (QED) is 0.512. The predicted molar refractivity (Wildman–Crippen MR) is 124 cm³/mol. The molecule has 1 aromatic carbocycles. The molecule has 10 nitrogen and oxygen atoms in total. The van der Waals surface area contributed by atoms with Gasteiger partial charge >= 0.3 is 0 Å². The average molecular weight is 490 g/mol. The van der Waals surface area contributed by atoms with Crippen LogP contribution in [-0.2, 0) is 15.6 Å². The SMILES string of the molecule is COc1cc(-c2cc(C(=O)N3CCC(S(=O)(=O)Cc4ccco4)CC3)[nH]n2)cc(OC)c1OC. The number of likely N-dealkylation sites (tertiary alicyclic amines) is 1. The van der Waals surface area contributed by atoms with Gasteiger partial charge in [-0.25, -0.2) is 8.42 Å². The molecule has 3 aromatic rings. The van der Waals surface area contributed by atoms with E-state index in [1.54, 1.807) is 35.2 Å². The zero-order chi connectivity index (χ0) is 24.3. The van der Waals surface area contributed by atoms with Crippen molar-refractivity contribution in [1.29, 1.82) is 0 Å². The summed E-state index contributed by atoms with van der Waals surface area (Å²) in [6, 6.07) is 8.48. The number of methoxy groups -OCH3 is 3. The lowest BCUT2D eigenvalue weighted by atomic mass is 10.1. The maximum Gasteiger partial charge on any atom is 0.271 e. The molecular formula is C23H27N3O7S. The number of aromatic amines is 1. The van der Waals surface area contributed by atoms with Crippen molar-refractivity contribution in [3.8, 4) is 28.5 Å². The van der Waals surface area contributed by atoms with Crippen LogP contribution in [0.25, 0.3) is 11.3 Å². The first-order chi connectivity index (χ1) is 16.4. The Hall–Kier alpha value is -3.47. The van der Waals surface area contributed by atoms with Crippen molar-refractivity contribution in [2.24, 2.45) is 0 Å². The summed E-state index contributed by atoms with van der Waals surface area (Å²) in [5, 5.41) is 6.56. The highest BCUT2D eigenvalue weighted by Gasteiger charge is 2.33. The van der Waals surface area contributed by atoms with E-state index in [1.807, 2.05) is 0 Å². The second kappa shape index (κ2) is 9.80. The van der Waals surface area contributed by atoms with Gasteiger partial charge in [0.1, 0.15) is 17.2 Å². The van der Waals surface area contributed by atoms with E-state index in [2.05, 4.69) is 10.2 Å². The summed E-state index contributed by atoms with van der Waals surface area (Å²) >= 11 is 0. The van der Waals surface area contributed by atoms with E-state index in [4.69, 9.17) is 18.6 Å². The van der Waals surface area contributed by atoms with Crippen LogP contribution in [0.2, 0.25) is 0 Å². The lowest BCUT2D eigenvalue weighted by Crippen LogP contribution is -2.42. The van der Waals surface area contributed by atoms with Crippen molar-refractivity contribution in [3.63, 3.8) is 0 Å². The second-order valence-corrected chi connectivity index (χ2v) is 10.2. The molecule has 3 heterocycles. The number of hydrogen-bond donors (Lipinski definition) is 1. The van der Waals surface area contributed by atoms with Gasteiger partial charge in [-0.3, -0.25) is 9.89 Å². The number of benzene rings is 1. The summed E-state index contributed by atoms with van der Waals surface area (Å²) in [6.45, 7) is 0.693. The predicted octanol–water partition coefficient (Wildman–Crippen LogP) is 2.92. The Morgan fingerprint density at radius 2 is 1.79 bits per heavy atom. The molecule has 1 amide bonds. The van der Waals surface area contributed by atoms with E-state index in [-0.39, 0.29) is 11.7 Å². The first-order valence-corrected chi connectivity index (χ1v) is 12.5. The minimum atomic E-state index is -3.36. The largest absolute Gasteiger partial charge is 0.493 e. The van der Waals surface area contributed by atoms with Crippen LogP contribution >= 0.6 is 0 Å². The zero-order valence-corrected chi connectivity index (χ0v) is 20.1. The third-order valence-corrected chi connectivity index (χ3v) is 8.10. The molecule has 1 saturated heterocycles. The van der Waals surface area contributed by atoms with Crippen LogP contribution in [0, 0.1) is 0 Å². The number of rotatable bonds is 8. The molecule has 1 N–H and O–H groups in total. The average Bonchev–Trinajstić information content (AvgIpc) is 3.55. The van der Waals surface area contributed by atoms with Gasteiger partial charge in [0, 0.05) is 18.7 Å². The van der Waals surface area contributed by atoms with Gasteiger partial charge in [0.25, 0.3) is 5.91 Å². The molecule has 4 rings (SSSR count). The number of hydrogen-bond acceptors (Lipinski definition) is 8. The molecule has 2 aromatic heterocycles. The van der Waals surface area contributed by atoms with Crippen LogP contribution in [0.4, 0.5) is 0 Å². The van der Waals surface area contributed by atoms with Gasteiger partial charge in [0.2, 0.25) is 5.75 Å². The third kappa shape index (κ3) is 4.74. The molecule has 11 heteroatoms. The molecular weight excluding hydrogens is 462 g/mol. The molecule has 0 bridgehead atoms. The van der Waals surface area contributed by atoms with Crippen LogP contribution < -0.4 is 14.2 Å². The number of nitrogens with zero attached hydrogens (tertiary/aromatic N) is 2. The molecule has 1 fully saturated rings. The summed E-state index contributed by atoms with van der Waals surface area (Å²) in [7, 11) is 1.22. The number of sulfone groups is 1. The van der Waals surface area contributed by atoms with E-state index in [1.165, 1.54) is 27.6 Å². The van der Waals surface area contributed by atoms with Gasteiger partial charge in [-0.05, 0) is 43.2 Å². The smallest absolute Gasteiger partial charge is 0.271 e. The number of nitrogens with one attached hydrogen (secondary N) is 1. The van der Waals surface area contributed by atoms with Crippen molar-refractivity contribution >= 4 is 15.7 Å². The Balaban J connectivity index is 1.44. The molecule has 0 spiro atoms. The van der Waals surface area contributed by atoms with E-state index in [0.29, 0.717) is 65.9 Å². The van der Waals surface area contributed by atoms with E-state index in [9.17, 15) is 13.2 Å². The molecule has 182 valence electrons. The Bertz CT molecular complexity index is 1220. The molecule has 0 saturated carbocycles. The van der Waals surface area contributed by atoms with Gasteiger partial charge in [-0.15, -0.1) is 0 Å². The highest BCUT2D eigenvalue weighted by molar-refractivity contribution is 7.91. The minimum Gasteiger partial charge on any atom is -0.493 e. The maximum atomic E-state index is 13.0. The normalized spacial score (nSPS) is 14.7. The van der Waals surface area contributed by atoms with Gasteiger partial charge < -0.3 is 23.5 Å². The summed E-state index contributed by atoms with van der Waals surface area (Å²) in [5.41, 5.74) is 1.55. The van der Waals surface area contributed by atoms with Crippen molar-refractivity contribution < 1.29 is 31.8 Å². The summed E-state index contributed by atoms with van der Waals surface area (Å²) in [6.07, 6.45) is 2.22. The molecule has 1 aliphatic rings. The second-order valence-electron chi connectivity index (χ2n) is 7.96. The fourth-order valence-electron chi connectivity index (χ4n) is 4.11. The van der Waals surface area contributed by atoms with Crippen molar-refractivity contribution in [2.45, 2.75) is 23.8 Å². The number of aromatic nitrogens is 2. The number of carbonyl (C=O) groups is 1. The lowest BCUT2D eigenvalue weighted by Gasteiger charge is -2.31. The maximum absolute atomic E-state index is 13.0. The highest BCUT2D eigenvalue weighted by Crippen LogP contribution is 2.41. The number of amides is 1. The van der Waals surface area contributed by atoms with Crippen LogP contribution in [0.15, 0.2) is 41.0 Å². The third-order valence-electron chi connectivity index (χ3n) is 5.93. The minimum absolute atomic E-state index is 0.128. The van der Waals surface area contributed by atoms with Gasteiger partial charge in [-0.1, -0.05) is 0 Å². The molecule has 0 atom stereocenters. The van der Waals surface area contributed by atoms with E-state index in [0.717, 1.165) is 0 Å². The lowest BCUT2D eigenvalue weighted by molar-refractivity contribution is 0.0719. The Kier molecular flexibility index (Phi) is 6.82. The molecule has 0 unspecified atom stereocenters. The monoisotopic (exact) mass is 489 g/mol. The van der Waals surface area contributed by atoms with Gasteiger partial charge in [0.05, 0.1) is 38.5 Å². The Morgan fingerprint density at radius 3 is 2.35 bits per heavy atom. The van der Waals surface area contributed by atoms with E-state index >= 15 is 0 Å². The van der Waals surface area contributed by atoms with Crippen molar-refractivity contribution in [3.05, 3.63) is 48.0 Å². The molecule has 34 heavy (non-hydrogen) atoms. The van der Waals surface area contributed by atoms with Gasteiger partial charge in [-0.2, -0.15) is 5.10 Å². The number of furan rings is 1. The van der Waals surface area contributed by atoms with Crippen LogP contribution in [0.1, 0.15) is 29.1 Å². The number of carbonyl (C=O) groups excluding carboxylic acids is 1. The summed E-state index contributed by atoms with van der Waals surface area (Å²) in [4.78, 5) is 14.7. The van der Waals surface area contributed by atoms with Crippen molar-refractivity contribution in [2.75, 3.05) is 34.4 Å². The number of ether oxygens (including phenoxy) is 3. The molecule has 0 radical (unpaired) electrons. The summed E-state index contributed by atoms with van der Waals surface area (Å²) < 4.78 is 46.7. The molecule has 0 aliphatic carbocycles. The van der Waals surface area contributed by atoms with Crippen LogP contribution in [-0.4, -0.2) is 69.1 Å². The first-order valence-electron chi connectivity index (χ1n) is 10.7. The zero-order valence-electron chi connectivity index (χ0n) is 19.2. The Labute approximate surface area is 197 Å². The Morgan fingerprint density at radius 1 is 1.12 bits per heavy atom. The van der Waals surface area contributed by atoms with E-state index < -0.39 is 15.1 Å². The summed E-state index contributed by atoms with van der Waals surface area (Å²) in [5.74, 6) is 1.49. The fourth-order valence-corrected chi connectivity index (χ4v) is 5.83. The highest BCUT2D eigenvalue weighted by atomic mass is 32.2. The molecule has 1 aliphatic heterocycles. The topological polar surface area (TPSA) is 124 Å². The van der Waals surface area contributed by atoms with Crippen LogP contribution in [0.3, 0.4) is 0 Å². The number of piperidine rings is 1.